The fourth-order valence-corrected chi connectivity index (χ4v) is 2.17. The number of rotatable bonds is 3. The summed E-state index contributed by atoms with van der Waals surface area (Å²) in [7, 11) is 0. The van der Waals surface area contributed by atoms with Gasteiger partial charge in [0.25, 0.3) is 0 Å². The lowest BCUT2D eigenvalue weighted by Gasteiger charge is -1.98. The number of allylic oxidation sites excluding steroid dienone is 1. The van der Waals surface area contributed by atoms with Crippen LogP contribution in [-0.4, -0.2) is 5.78 Å². The Morgan fingerprint density at radius 1 is 0.944 bits per heavy atom. The van der Waals surface area contributed by atoms with Crippen molar-refractivity contribution in [1.82, 2.24) is 0 Å². The van der Waals surface area contributed by atoms with Crippen molar-refractivity contribution in [2.75, 3.05) is 0 Å². The molecule has 90 valence electrons. The van der Waals surface area contributed by atoms with Crippen molar-refractivity contribution >= 4 is 43.7 Å². The number of carbonyl (C=O) groups is 1. The van der Waals surface area contributed by atoms with Crippen LogP contribution in [-0.2, 0) is 0 Å². The molecule has 3 heteroatoms. The molecular weight excluding hydrogens is 356 g/mol. The molecule has 0 saturated heterocycles. The summed E-state index contributed by atoms with van der Waals surface area (Å²) >= 11 is 6.79. The van der Waals surface area contributed by atoms with Gasteiger partial charge in [0.05, 0.1) is 0 Å². The Morgan fingerprint density at radius 2 is 1.61 bits per heavy atom. The van der Waals surface area contributed by atoms with Crippen molar-refractivity contribution in [3.63, 3.8) is 0 Å². The number of ketones is 1. The van der Waals surface area contributed by atoms with Crippen LogP contribution < -0.4 is 0 Å². The fourth-order valence-electron chi connectivity index (χ4n) is 1.49. The van der Waals surface area contributed by atoms with Gasteiger partial charge in [0.1, 0.15) is 0 Å². The van der Waals surface area contributed by atoms with E-state index in [0.29, 0.717) is 5.56 Å². The van der Waals surface area contributed by atoms with E-state index < -0.39 is 0 Å². The summed E-state index contributed by atoms with van der Waals surface area (Å²) in [5.74, 6) is -0.00162. The number of hydrogen-bond acceptors (Lipinski definition) is 1. The van der Waals surface area contributed by atoms with Crippen LogP contribution in [0.25, 0.3) is 6.08 Å². The maximum Gasteiger partial charge on any atom is 0.185 e. The van der Waals surface area contributed by atoms with Crippen molar-refractivity contribution in [1.29, 1.82) is 0 Å². The normalized spacial score (nSPS) is 10.8. The average Bonchev–Trinajstić information content (AvgIpc) is 2.38. The number of hydrogen-bond donors (Lipinski definition) is 0. The molecule has 0 amide bonds. The molecule has 0 aromatic heterocycles. The van der Waals surface area contributed by atoms with E-state index in [2.05, 4.69) is 31.9 Å². The molecule has 0 bridgehead atoms. The van der Waals surface area contributed by atoms with E-state index >= 15 is 0 Å². The van der Waals surface area contributed by atoms with E-state index in [1.54, 1.807) is 18.2 Å². The van der Waals surface area contributed by atoms with E-state index in [1.165, 1.54) is 0 Å². The van der Waals surface area contributed by atoms with Crippen molar-refractivity contribution in [2.24, 2.45) is 0 Å². The monoisotopic (exact) mass is 364 g/mol. The molecule has 0 saturated carbocycles. The summed E-state index contributed by atoms with van der Waals surface area (Å²) in [5.41, 5.74) is 1.67. The van der Waals surface area contributed by atoms with Gasteiger partial charge in [0.15, 0.2) is 5.78 Å². The lowest BCUT2D eigenvalue weighted by atomic mass is 10.1. The SMILES string of the molecule is O=C(C=Cc1ccccc1Br)c1ccc(Br)cc1. The van der Waals surface area contributed by atoms with Gasteiger partial charge in [0, 0.05) is 14.5 Å². The lowest BCUT2D eigenvalue weighted by molar-refractivity contribution is 0.104. The quantitative estimate of drug-likeness (QED) is 0.545. The molecule has 0 aliphatic heterocycles. The summed E-state index contributed by atoms with van der Waals surface area (Å²) in [6.45, 7) is 0. The molecule has 0 N–H and O–H groups in total. The summed E-state index contributed by atoms with van der Waals surface area (Å²) in [6, 6.07) is 15.1. The van der Waals surface area contributed by atoms with Crippen LogP contribution in [0.5, 0.6) is 0 Å². The zero-order valence-corrected chi connectivity index (χ0v) is 12.6. The van der Waals surface area contributed by atoms with Gasteiger partial charge in [-0.05, 0) is 48.0 Å². The zero-order chi connectivity index (χ0) is 13.0. The summed E-state index contributed by atoms with van der Waals surface area (Å²) in [4.78, 5) is 11.9. The van der Waals surface area contributed by atoms with Crippen LogP contribution in [0.3, 0.4) is 0 Å². The van der Waals surface area contributed by atoms with E-state index in [0.717, 1.165) is 14.5 Å². The molecule has 2 aromatic carbocycles. The van der Waals surface area contributed by atoms with Gasteiger partial charge in [-0.15, -0.1) is 0 Å². The van der Waals surface area contributed by atoms with Crippen LogP contribution in [0.1, 0.15) is 15.9 Å². The first-order valence-electron chi connectivity index (χ1n) is 5.39. The predicted octanol–water partition coefficient (Wildman–Crippen LogP) is 5.11. The first kappa shape index (κ1) is 13.2. The molecule has 1 nitrogen and oxygen atoms in total. The smallest absolute Gasteiger partial charge is 0.185 e. The van der Waals surface area contributed by atoms with Crippen molar-refractivity contribution < 1.29 is 4.79 Å². The summed E-state index contributed by atoms with van der Waals surface area (Å²) < 4.78 is 1.94. The van der Waals surface area contributed by atoms with Crippen LogP contribution in [0.4, 0.5) is 0 Å². The zero-order valence-electron chi connectivity index (χ0n) is 9.44. The third kappa shape index (κ3) is 3.40. The van der Waals surface area contributed by atoms with E-state index in [1.807, 2.05) is 42.5 Å². The highest BCUT2D eigenvalue weighted by molar-refractivity contribution is 9.10. The van der Waals surface area contributed by atoms with Gasteiger partial charge < -0.3 is 0 Å². The summed E-state index contributed by atoms with van der Waals surface area (Å²) in [6.07, 6.45) is 3.40. The molecular formula is C15H10Br2O. The molecule has 0 fully saturated rings. The Hall–Kier alpha value is -1.19. The Bertz CT molecular complexity index is 586. The highest BCUT2D eigenvalue weighted by Gasteiger charge is 2.01. The van der Waals surface area contributed by atoms with Gasteiger partial charge in [-0.3, -0.25) is 4.79 Å². The van der Waals surface area contributed by atoms with E-state index in [4.69, 9.17) is 0 Å². The van der Waals surface area contributed by atoms with Crippen LogP contribution in [0, 0.1) is 0 Å². The Morgan fingerprint density at radius 3 is 2.28 bits per heavy atom. The van der Waals surface area contributed by atoms with Crippen LogP contribution >= 0.6 is 31.9 Å². The minimum atomic E-state index is -0.00162. The van der Waals surface area contributed by atoms with Crippen molar-refractivity contribution in [2.45, 2.75) is 0 Å². The second-order valence-corrected chi connectivity index (χ2v) is 5.50. The second-order valence-electron chi connectivity index (χ2n) is 3.73. The number of benzene rings is 2. The van der Waals surface area contributed by atoms with E-state index in [-0.39, 0.29) is 5.78 Å². The number of halogens is 2. The molecule has 0 atom stereocenters. The Balaban J connectivity index is 2.17. The molecule has 18 heavy (non-hydrogen) atoms. The molecule has 0 spiro atoms. The molecule has 0 unspecified atom stereocenters. The first-order valence-corrected chi connectivity index (χ1v) is 6.98. The first-order chi connectivity index (χ1) is 8.66. The van der Waals surface area contributed by atoms with Crippen LogP contribution in [0.15, 0.2) is 63.6 Å². The topological polar surface area (TPSA) is 17.1 Å². The van der Waals surface area contributed by atoms with Crippen molar-refractivity contribution in [3.05, 3.63) is 74.7 Å². The van der Waals surface area contributed by atoms with Gasteiger partial charge in [-0.2, -0.15) is 0 Å². The molecule has 0 aliphatic rings. The highest BCUT2D eigenvalue weighted by Crippen LogP contribution is 2.18. The molecule has 0 radical (unpaired) electrons. The van der Waals surface area contributed by atoms with Crippen molar-refractivity contribution in [3.8, 4) is 0 Å². The van der Waals surface area contributed by atoms with Gasteiger partial charge in [-0.25, -0.2) is 0 Å². The standard InChI is InChI=1S/C15H10Br2O/c16-13-8-5-12(6-9-13)15(18)10-7-11-3-1-2-4-14(11)17/h1-10H. The maximum absolute atomic E-state index is 11.9. The molecule has 2 rings (SSSR count). The maximum atomic E-state index is 11.9. The van der Waals surface area contributed by atoms with Gasteiger partial charge in [-0.1, -0.05) is 50.1 Å². The second kappa shape index (κ2) is 6.12. The molecule has 2 aromatic rings. The molecule has 0 heterocycles. The minimum absolute atomic E-state index is 0.00162. The fraction of sp³-hybridized carbons (Fsp3) is 0. The predicted molar refractivity (Wildman–Crippen MR) is 81.6 cm³/mol. The average molecular weight is 366 g/mol. The third-order valence-corrected chi connectivity index (χ3v) is 3.70. The molecule has 0 aliphatic carbocycles. The number of carbonyl (C=O) groups excluding carboxylic acids is 1. The highest BCUT2D eigenvalue weighted by atomic mass is 79.9. The third-order valence-electron chi connectivity index (χ3n) is 2.45. The lowest BCUT2D eigenvalue weighted by Crippen LogP contribution is -1.93. The van der Waals surface area contributed by atoms with Crippen LogP contribution in [0.2, 0.25) is 0 Å². The minimum Gasteiger partial charge on any atom is -0.289 e. The van der Waals surface area contributed by atoms with Gasteiger partial charge in [0.2, 0.25) is 0 Å². The van der Waals surface area contributed by atoms with Gasteiger partial charge >= 0.3 is 0 Å². The summed E-state index contributed by atoms with van der Waals surface area (Å²) in [5, 5.41) is 0. The largest absolute Gasteiger partial charge is 0.289 e. The Kier molecular flexibility index (Phi) is 4.50. The Labute approximate surface area is 123 Å². The van der Waals surface area contributed by atoms with E-state index in [9.17, 15) is 4.79 Å².